The van der Waals surface area contributed by atoms with E-state index in [-0.39, 0.29) is 22.6 Å². The van der Waals surface area contributed by atoms with Gasteiger partial charge in [-0.25, -0.2) is 18.6 Å². The molecule has 20 heavy (non-hydrogen) atoms. The van der Waals surface area contributed by atoms with Crippen molar-refractivity contribution >= 4 is 11.2 Å². The van der Waals surface area contributed by atoms with E-state index in [1.807, 2.05) is 0 Å². The lowest BCUT2D eigenvalue weighted by Crippen LogP contribution is -2.28. The van der Waals surface area contributed by atoms with Gasteiger partial charge in [-0.1, -0.05) is 6.07 Å². The van der Waals surface area contributed by atoms with Crippen molar-refractivity contribution in [1.82, 2.24) is 19.5 Å². The number of imidazole rings is 1. The second-order valence-corrected chi connectivity index (χ2v) is 4.20. The summed E-state index contributed by atoms with van der Waals surface area (Å²) in [4.78, 5) is 31.6. The fraction of sp³-hybridized carbons (Fsp3) is 0.0833. The van der Waals surface area contributed by atoms with E-state index in [4.69, 9.17) is 0 Å². The molecular formula is C12H8F2N4O2. The SMILES string of the molecule is Cn1c(=O)[nH]c(=O)c2[nH]c(-c3c(F)cccc3F)nc21. The van der Waals surface area contributed by atoms with E-state index >= 15 is 0 Å². The lowest BCUT2D eigenvalue weighted by molar-refractivity contribution is 0.588. The van der Waals surface area contributed by atoms with E-state index in [1.165, 1.54) is 13.1 Å². The van der Waals surface area contributed by atoms with Gasteiger partial charge in [-0.2, -0.15) is 0 Å². The molecule has 0 atom stereocenters. The zero-order valence-corrected chi connectivity index (χ0v) is 10.2. The van der Waals surface area contributed by atoms with Crippen LogP contribution in [0.1, 0.15) is 0 Å². The van der Waals surface area contributed by atoms with Gasteiger partial charge in [-0.05, 0) is 12.1 Å². The summed E-state index contributed by atoms with van der Waals surface area (Å²) in [6.45, 7) is 0. The van der Waals surface area contributed by atoms with E-state index in [1.54, 1.807) is 0 Å². The second kappa shape index (κ2) is 4.12. The quantitative estimate of drug-likeness (QED) is 0.693. The molecule has 2 aromatic heterocycles. The fourth-order valence-corrected chi connectivity index (χ4v) is 1.95. The van der Waals surface area contributed by atoms with E-state index in [0.717, 1.165) is 16.7 Å². The third-order valence-electron chi connectivity index (χ3n) is 2.95. The number of hydrogen-bond donors (Lipinski definition) is 2. The maximum atomic E-state index is 13.7. The molecule has 0 radical (unpaired) electrons. The predicted octanol–water partition coefficient (Wildman–Crippen LogP) is 0.895. The van der Waals surface area contributed by atoms with Gasteiger partial charge in [0.15, 0.2) is 5.65 Å². The second-order valence-electron chi connectivity index (χ2n) is 4.20. The van der Waals surface area contributed by atoms with Gasteiger partial charge in [0.05, 0.1) is 5.56 Å². The van der Waals surface area contributed by atoms with Crippen molar-refractivity contribution in [2.24, 2.45) is 7.05 Å². The van der Waals surface area contributed by atoms with Crippen LogP contribution in [0.4, 0.5) is 8.78 Å². The average Bonchev–Trinajstić information content (AvgIpc) is 2.81. The first-order valence-electron chi connectivity index (χ1n) is 5.62. The molecule has 0 saturated carbocycles. The lowest BCUT2D eigenvalue weighted by Gasteiger charge is -1.99. The molecule has 6 nitrogen and oxygen atoms in total. The van der Waals surface area contributed by atoms with Gasteiger partial charge in [0.1, 0.15) is 23.0 Å². The highest BCUT2D eigenvalue weighted by molar-refractivity contribution is 5.75. The summed E-state index contributed by atoms with van der Waals surface area (Å²) in [5, 5.41) is 0. The zero-order chi connectivity index (χ0) is 14.4. The van der Waals surface area contributed by atoms with Crippen LogP contribution in [0, 0.1) is 11.6 Å². The fourth-order valence-electron chi connectivity index (χ4n) is 1.95. The first kappa shape index (κ1) is 12.3. The van der Waals surface area contributed by atoms with Crippen molar-refractivity contribution in [3.05, 3.63) is 50.7 Å². The van der Waals surface area contributed by atoms with Crippen LogP contribution in [0.5, 0.6) is 0 Å². The zero-order valence-electron chi connectivity index (χ0n) is 10.2. The van der Waals surface area contributed by atoms with Gasteiger partial charge in [0.25, 0.3) is 5.56 Å². The summed E-state index contributed by atoms with van der Waals surface area (Å²) >= 11 is 0. The van der Waals surface area contributed by atoms with Crippen LogP contribution in [-0.4, -0.2) is 19.5 Å². The topological polar surface area (TPSA) is 83.5 Å². The molecule has 2 heterocycles. The minimum absolute atomic E-state index is 0.0234. The molecule has 0 aliphatic carbocycles. The lowest BCUT2D eigenvalue weighted by atomic mass is 10.2. The van der Waals surface area contributed by atoms with Crippen molar-refractivity contribution < 1.29 is 8.78 Å². The summed E-state index contributed by atoms with van der Waals surface area (Å²) in [5.74, 6) is -1.78. The number of hydrogen-bond acceptors (Lipinski definition) is 3. The molecule has 2 N–H and O–H groups in total. The Balaban J connectivity index is 2.41. The average molecular weight is 278 g/mol. The van der Waals surface area contributed by atoms with Crippen molar-refractivity contribution in [3.8, 4) is 11.4 Å². The summed E-state index contributed by atoms with van der Waals surface area (Å²) in [6, 6.07) is 3.38. The van der Waals surface area contributed by atoms with Crippen LogP contribution in [-0.2, 0) is 7.05 Å². The van der Waals surface area contributed by atoms with Crippen molar-refractivity contribution in [1.29, 1.82) is 0 Å². The highest BCUT2D eigenvalue weighted by Gasteiger charge is 2.17. The Kier molecular flexibility index (Phi) is 2.53. The number of rotatable bonds is 1. The van der Waals surface area contributed by atoms with Gasteiger partial charge < -0.3 is 4.98 Å². The summed E-state index contributed by atoms with van der Waals surface area (Å²) < 4.78 is 28.5. The van der Waals surface area contributed by atoms with Crippen molar-refractivity contribution in [3.63, 3.8) is 0 Å². The molecule has 0 bridgehead atoms. The van der Waals surface area contributed by atoms with Gasteiger partial charge in [-0.15, -0.1) is 0 Å². The molecule has 102 valence electrons. The number of nitrogens with one attached hydrogen (secondary N) is 2. The van der Waals surface area contributed by atoms with Crippen LogP contribution in [0.25, 0.3) is 22.6 Å². The van der Waals surface area contributed by atoms with Gasteiger partial charge in [0, 0.05) is 7.05 Å². The van der Waals surface area contributed by atoms with Gasteiger partial charge in [0.2, 0.25) is 0 Å². The van der Waals surface area contributed by atoms with Crippen LogP contribution < -0.4 is 11.2 Å². The largest absolute Gasteiger partial charge is 0.332 e. The van der Waals surface area contributed by atoms with Crippen molar-refractivity contribution in [2.75, 3.05) is 0 Å². The Hall–Kier alpha value is -2.77. The number of benzene rings is 1. The number of aromatic nitrogens is 4. The Bertz CT molecular complexity index is 919. The normalized spacial score (nSPS) is 11.2. The Morgan fingerprint density at radius 2 is 1.80 bits per heavy atom. The van der Waals surface area contributed by atoms with E-state index < -0.39 is 22.9 Å². The number of aromatic amines is 2. The number of nitrogens with zero attached hydrogens (tertiary/aromatic N) is 2. The molecule has 0 aliphatic rings. The Labute approximate surface area is 109 Å². The smallest absolute Gasteiger partial charge is 0.329 e. The van der Waals surface area contributed by atoms with Crippen molar-refractivity contribution in [2.45, 2.75) is 0 Å². The van der Waals surface area contributed by atoms with Crippen LogP contribution in [0.15, 0.2) is 27.8 Å². The highest BCUT2D eigenvalue weighted by atomic mass is 19.1. The maximum absolute atomic E-state index is 13.7. The third kappa shape index (κ3) is 1.65. The number of H-pyrrole nitrogens is 2. The van der Waals surface area contributed by atoms with Crippen LogP contribution in [0.3, 0.4) is 0 Å². The third-order valence-corrected chi connectivity index (χ3v) is 2.95. The highest BCUT2D eigenvalue weighted by Crippen LogP contribution is 2.24. The van der Waals surface area contributed by atoms with Gasteiger partial charge >= 0.3 is 5.69 Å². The molecular weight excluding hydrogens is 270 g/mol. The molecule has 8 heteroatoms. The molecule has 0 spiro atoms. The van der Waals surface area contributed by atoms with E-state index in [9.17, 15) is 18.4 Å². The molecule has 0 saturated heterocycles. The first-order valence-corrected chi connectivity index (χ1v) is 5.62. The minimum atomic E-state index is -0.814. The molecule has 0 amide bonds. The van der Waals surface area contributed by atoms with Gasteiger partial charge in [-0.3, -0.25) is 14.3 Å². The number of fused-ring (bicyclic) bond motifs is 1. The predicted molar refractivity (Wildman–Crippen MR) is 67.3 cm³/mol. The summed E-state index contributed by atoms with van der Waals surface area (Å²) in [7, 11) is 1.39. The first-order chi connectivity index (χ1) is 9.49. The molecule has 3 rings (SSSR count). The molecule has 0 fully saturated rings. The minimum Gasteiger partial charge on any atom is -0.332 e. The maximum Gasteiger partial charge on any atom is 0.329 e. The molecule has 0 unspecified atom stereocenters. The standard InChI is InChI=1S/C12H8F2N4O2/c1-18-10-8(11(19)17-12(18)20)15-9(16-10)7-5(13)3-2-4-6(7)14/h2-4H,1H3,(H,15,16)(H,17,19,20). The Morgan fingerprint density at radius 1 is 1.15 bits per heavy atom. The number of halogens is 2. The van der Waals surface area contributed by atoms with Crippen LogP contribution >= 0.6 is 0 Å². The molecule has 1 aromatic carbocycles. The summed E-state index contributed by atoms with van der Waals surface area (Å²) in [5.41, 5.74) is -1.73. The van der Waals surface area contributed by atoms with E-state index in [0.29, 0.717) is 0 Å². The molecule has 0 aliphatic heterocycles. The monoisotopic (exact) mass is 278 g/mol. The summed E-state index contributed by atoms with van der Waals surface area (Å²) in [6.07, 6.45) is 0. The Morgan fingerprint density at radius 3 is 2.45 bits per heavy atom. The van der Waals surface area contributed by atoms with E-state index in [2.05, 4.69) is 15.0 Å². The molecule has 3 aromatic rings. The number of aryl methyl sites for hydroxylation is 1. The van der Waals surface area contributed by atoms with Crippen LogP contribution in [0.2, 0.25) is 0 Å².